The van der Waals surface area contributed by atoms with Crippen molar-refractivity contribution in [3.8, 4) is 17.9 Å². The van der Waals surface area contributed by atoms with E-state index in [1.165, 1.54) is 0 Å². The summed E-state index contributed by atoms with van der Waals surface area (Å²) in [7, 11) is 0. The lowest BCUT2D eigenvalue weighted by atomic mass is 9.69. The Balaban J connectivity index is 1.72. The SMILES string of the molecule is CCOc1ccc(C(=O)C2C(c3ccc(Cl)cc3)C(C#N)(C#N)C3C=Cc4ccccc4N23)cc1. The highest BCUT2D eigenvalue weighted by atomic mass is 35.5. The predicted octanol–water partition coefficient (Wildman–Crippen LogP) is 6.02. The quantitative estimate of drug-likeness (QED) is 0.418. The van der Waals surface area contributed by atoms with Crippen molar-refractivity contribution in [2.24, 2.45) is 5.41 Å². The van der Waals surface area contributed by atoms with Gasteiger partial charge in [-0.3, -0.25) is 4.79 Å². The number of rotatable bonds is 5. The topological polar surface area (TPSA) is 77.1 Å². The van der Waals surface area contributed by atoms with E-state index in [0.717, 1.165) is 16.8 Å². The fraction of sp³-hybridized carbons (Fsp3) is 0.207. The van der Waals surface area contributed by atoms with Gasteiger partial charge in [0, 0.05) is 22.2 Å². The zero-order chi connectivity index (χ0) is 24.6. The molecule has 35 heavy (non-hydrogen) atoms. The molecule has 5 rings (SSSR count). The van der Waals surface area contributed by atoms with Crippen LogP contribution in [-0.4, -0.2) is 24.5 Å². The second-order valence-corrected chi connectivity index (χ2v) is 9.09. The number of anilines is 1. The van der Waals surface area contributed by atoms with Gasteiger partial charge in [-0.1, -0.05) is 54.1 Å². The van der Waals surface area contributed by atoms with Crippen LogP contribution in [0.25, 0.3) is 6.08 Å². The van der Waals surface area contributed by atoms with Gasteiger partial charge in [0.2, 0.25) is 0 Å². The molecule has 3 atom stereocenters. The van der Waals surface area contributed by atoms with E-state index in [9.17, 15) is 15.3 Å². The number of carbonyl (C=O) groups is 1. The summed E-state index contributed by atoms with van der Waals surface area (Å²) >= 11 is 6.15. The highest BCUT2D eigenvalue weighted by Gasteiger charge is 2.63. The number of nitrogens with zero attached hydrogens (tertiary/aromatic N) is 3. The lowest BCUT2D eigenvalue weighted by molar-refractivity contribution is 0.0951. The lowest BCUT2D eigenvalue weighted by Crippen LogP contribution is -2.44. The van der Waals surface area contributed by atoms with E-state index in [1.54, 1.807) is 36.4 Å². The number of para-hydroxylation sites is 1. The van der Waals surface area contributed by atoms with Crippen molar-refractivity contribution in [1.29, 1.82) is 10.5 Å². The molecule has 0 bridgehead atoms. The molecule has 3 aromatic rings. The van der Waals surface area contributed by atoms with Crippen molar-refractivity contribution in [3.63, 3.8) is 0 Å². The minimum Gasteiger partial charge on any atom is -0.494 e. The molecule has 3 unspecified atom stereocenters. The van der Waals surface area contributed by atoms with E-state index in [1.807, 2.05) is 60.4 Å². The number of Topliss-reactive ketones (excluding diaryl/α,β-unsaturated/α-hetero) is 1. The Kier molecular flexibility index (Phi) is 5.81. The first-order valence-electron chi connectivity index (χ1n) is 11.4. The zero-order valence-electron chi connectivity index (χ0n) is 19.1. The molecule has 2 aliphatic rings. The maximum Gasteiger partial charge on any atom is 0.185 e. The van der Waals surface area contributed by atoms with Gasteiger partial charge in [0.1, 0.15) is 11.8 Å². The minimum absolute atomic E-state index is 0.157. The summed E-state index contributed by atoms with van der Waals surface area (Å²) in [6, 6.07) is 25.1. The Morgan fingerprint density at radius 3 is 2.37 bits per heavy atom. The molecule has 0 spiro atoms. The van der Waals surface area contributed by atoms with E-state index >= 15 is 0 Å². The van der Waals surface area contributed by atoms with Crippen LogP contribution in [0.3, 0.4) is 0 Å². The van der Waals surface area contributed by atoms with Crippen molar-refractivity contribution >= 4 is 29.1 Å². The molecular weight excluding hydrogens is 458 g/mol. The van der Waals surface area contributed by atoms with Crippen LogP contribution in [0.4, 0.5) is 5.69 Å². The van der Waals surface area contributed by atoms with E-state index < -0.39 is 23.4 Å². The van der Waals surface area contributed by atoms with Crippen LogP contribution in [-0.2, 0) is 0 Å². The summed E-state index contributed by atoms with van der Waals surface area (Å²) in [4.78, 5) is 16.2. The van der Waals surface area contributed by atoms with Gasteiger partial charge in [0.25, 0.3) is 0 Å². The van der Waals surface area contributed by atoms with Crippen molar-refractivity contribution in [3.05, 3.63) is 101 Å². The van der Waals surface area contributed by atoms with Crippen LogP contribution in [0.15, 0.2) is 78.9 Å². The molecule has 0 aromatic heterocycles. The average Bonchev–Trinajstić information content (AvgIpc) is 3.20. The summed E-state index contributed by atoms with van der Waals surface area (Å²) in [5.74, 6) is -0.178. The minimum atomic E-state index is -1.48. The summed E-state index contributed by atoms with van der Waals surface area (Å²) in [5, 5.41) is 21.5. The first kappa shape index (κ1) is 22.7. The second-order valence-electron chi connectivity index (χ2n) is 8.66. The highest BCUT2D eigenvalue weighted by molar-refractivity contribution is 6.30. The van der Waals surface area contributed by atoms with Gasteiger partial charge < -0.3 is 9.64 Å². The Morgan fingerprint density at radius 2 is 1.71 bits per heavy atom. The summed E-state index contributed by atoms with van der Waals surface area (Å²) in [6.07, 6.45) is 3.81. The largest absolute Gasteiger partial charge is 0.494 e. The van der Waals surface area contributed by atoms with Gasteiger partial charge in [-0.05, 0) is 60.5 Å². The zero-order valence-corrected chi connectivity index (χ0v) is 19.8. The third kappa shape index (κ3) is 3.57. The van der Waals surface area contributed by atoms with E-state index in [4.69, 9.17) is 16.3 Å². The van der Waals surface area contributed by atoms with Gasteiger partial charge in [-0.2, -0.15) is 10.5 Å². The maximum atomic E-state index is 14.2. The number of halogens is 1. The maximum absolute atomic E-state index is 14.2. The molecule has 0 saturated carbocycles. The second kappa shape index (κ2) is 8.95. The van der Waals surface area contributed by atoms with Gasteiger partial charge in [0.05, 0.1) is 24.8 Å². The average molecular weight is 480 g/mol. The van der Waals surface area contributed by atoms with Crippen molar-refractivity contribution in [1.82, 2.24) is 0 Å². The number of ether oxygens (including phenoxy) is 1. The van der Waals surface area contributed by atoms with Crippen LogP contribution >= 0.6 is 11.6 Å². The van der Waals surface area contributed by atoms with Crippen LogP contribution < -0.4 is 9.64 Å². The molecule has 2 aliphatic heterocycles. The normalized spacial score (nSPS) is 21.4. The Hall–Kier alpha value is -4.06. The number of fused-ring (bicyclic) bond motifs is 3. The van der Waals surface area contributed by atoms with Crippen LogP contribution in [0.1, 0.15) is 34.3 Å². The third-order valence-electron chi connectivity index (χ3n) is 6.86. The van der Waals surface area contributed by atoms with Crippen molar-refractivity contribution in [2.75, 3.05) is 11.5 Å². The summed E-state index contributed by atoms with van der Waals surface area (Å²) < 4.78 is 5.54. The lowest BCUT2D eigenvalue weighted by Gasteiger charge is -2.35. The summed E-state index contributed by atoms with van der Waals surface area (Å²) in [5.41, 5.74) is 1.51. The molecule has 3 aromatic carbocycles. The Labute approximate surface area is 209 Å². The fourth-order valence-corrected chi connectivity index (χ4v) is 5.46. The Bertz CT molecular complexity index is 1370. The van der Waals surface area contributed by atoms with Crippen molar-refractivity contribution < 1.29 is 9.53 Å². The first-order valence-corrected chi connectivity index (χ1v) is 11.8. The molecule has 5 nitrogen and oxygen atoms in total. The van der Waals surface area contributed by atoms with Gasteiger partial charge in [0.15, 0.2) is 11.2 Å². The molecule has 0 radical (unpaired) electrons. The molecule has 0 N–H and O–H groups in total. The van der Waals surface area contributed by atoms with Gasteiger partial charge in [-0.25, -0.2) is 0 Å². The third-order valence-corrected chi connectivity index (χ3v) is 7.11. The molecule has 1 fully saturated rings. The Morgan fingerprint density at radius 1 is 1.03 bits per heavy atom. The number of hydrogen-bond acceptors (Lipinski definition) is 5. The van der Waals surface area contributed by atoms with E-state index in [-0.39, 0.29) is 5.78 Å². The molecular formula is C29H22ClN3O2. The van der Waals surface area contributed by atoms with Crippen LogP contribution in [0.5, 0.6) is 5.75 Å². The standard InChI is InChI=1S/C29H22ClN3O2/c1-2-35-23-14-9-21(10-15-23)28(34)27-26(20-7-12-22(30)13-8-20)29(17-31,18-32)25-16-11-19-5-3-4-6-24(19)33(25)27/h3-16,25-27H,2H2,1H3. The van der Waals surface area contributed by atoms with Crippen LogP contribution in [0.2, 0.25) is 5.02 Å². The highest BCUT2D eigenvalue weighted by Crippen LogP contribution is 2.55. The predicted molar refractivity (Wildman–Crippen MR) is 135 cm³/mol. The first-order chi connectivity index (χ1) is 17.0. The molecule has 0 amide bonds. The summed E-state index contributed by atoms with van der Waals surface area (Å²) in [6.45, 7) is 2.43. The molecule has 2 heterocycles. The van der Waals surface area contributed by atoms with Gasteiger partial charge >= 0.3 is 0 Å². The van der Waals surface area contributed by atoms with E-state index in [2.05, 4.69) is 12.1 Å². The van der Waals surface area contributed by atoms with Crippen molar-refractivity contribution in [2.45, 2.75) is 24.9 Å². The molecule has 6 heteroatoms. The van der Waals surface area contributed by atoms with Gasteiger partial charge in [-0.15, -0.1) is 0 Å². The number of ketones is 1. The number of carbonyl (C=O) groups excluding carboxylic acids is 1. The number of hydrogen-bond donors (Lipinski definition) is 0. The fourth-order valence-electron chi connectivity index (χ4n) is 5.33. The smallest absolute Gasteiger partial charge is 0.185 e. The van der Waals surface area contributed by atoms with Crippen LogP contribution in [0, 0.1) is 28.1 Å². The van der Waals surface area contributed by atoms with E-state index in [0.29, 0.717) is 22.9 Å². The molecule has 172 valence electrons. The molecule has 0 aliphatic carbocycles. The monoisotopic (exact) mass is 479 g/mol. The number of benzene rings is 3. The molecule has 1 saturated heterocycles. The number of nitriles is 2.